The first-order valence-electron chi connectivity index (χ1n) is 5.58. The van der Waals surface area contributed by atoms with Crippen LogP contribution in [0.4, 0.5) is 13.2 Å². The lowest BCUT2D eigenvalue weighted by Gasteiger charge is -2.13. The summed E-state index contributed by atoms with van der Waals surface area (Å²) < 4.78 is 42.0. The van der Waals surface area contributed by atoms with E-state index in [9.17, 15) is 18.0 Å². The van der Waals surface area contributed by atoms with E-state index >= 15 is 0 Å². The van der Waals surface area contributed by atoms with E-state index in [0.29, 0.717) is 12.5 Å². The number of benzene rings is 1. The molecule has 0 spiro atoms. The molecule has 0 amide bonds. The third kappa shape index (κ3) is 5.46. The Hall–Kier alpha value is -1.98. The van der Waals surface area contributed by atoms with E-state index in [1.54, 1.807) is 0 Å². The van der Waals surface area contributed by atoms with Gasteiger partial charge in [-0.3, -0.25) is 0 Å². The molecule has 1 aromatic rings. The van der Waals surface area contributed by atoms with E-state index in [0.717, 1.165) is 12.7 Å². The van der Waals surface area contributed by atoms with E-state index in [1.165, 1.54) is 0 Å². The molecule has 0 heterocycles. The molecule has 6 heteroatoms. The Morgan fingerprint density at radius 2 is 1.95 bits per heavy atom. The van der Waals surface area contributed by atoms with Crippen LogP contribution in [0.3, 0.4) is 0 Å². The number of nitrogens with one attached hydrogen (secondary N) is 1. The van der Waals surface area contributed by atoms with Crippen molar-refractivity contribution in [2.24, 2.45) is 0 Å². The number of carbonyl (C=O) groups is 1. The first kappa shape index (κ1) is 15.1. The zero-order valence-corrected chi connectivity index (χ0v) is 10.3. The molecule has 0 aliphatic carbocycles. The lowest BCUT2D eigenvalue weighted by Crippen LogP contribution is -2.29. The highest BCUT2D eigenvalue weighted by atomic mass is 19.4. The molecule has 1 rings (SSSR count). The highest BCUT2D eigenvalue weighted by Crippen LogP contribution is 2.23. The maximum Gasteiger partial charge on any atom is 0.431 e. The number of halogens is 3. The second-order valence-electron chi connectivity index (χ2n) is 3.74. The van der Waals surface area contributed by atoms with Crippen LogP contribution in [0.15, 0.2) is 42.1 Å². The molecule has 0 saturated carbocycles. The van der Waals surface area contributed by atoms with Gasteiger partial charge in [-0.15, -0.1) is 0 Å². The largest absolute Gasteiger partial charge is 0.466 e. The van der Waals surface area contributed by atoms with Crippen molar-refractivity contribution in [3.63, 3.8) is 0 Å². The van der Waals surface area contributed by atoms with Crippen molar-refractivity contribution in [2.75, 3.05) is 13.7 Å². The Kier molecular flexibility index (Phi) is 5.41. The molecule has 1 aromatic carbocycles. The minimum absolute atomic E-state index is 0.0757. The Balaban J connectivity index is 2.60. The number of carbonyl (C=O) groups excluding carboxylic acids is 1. The van der Waals surface area contributed by atoms with Gasteiger partial charge in [0.2, 0.25) is 0 Å². The third-order valence-electron chi connectivity index (χ3n) is 2.34. The predicted octanol–water partition coefficient (Wildman–Crippen LogP) is 2.44. The topological polar surface area (TPSA) is 38.3 Å². The molecule has 0 aromatic heterocycles. The summed E-state index contributed by atoms with van der Waals surface area (Å²) >= 11 is 0. The number of hydrogen-bond acceptors (Lipinski definition) is 3. The van der Waals surface area contributed by atoms with Crippen LogP contribution >= 0.6 is 0 Å². The zero-order chi connectivity index (χ0) is 14.3. The van der Waals surface area contributed by atoms with Crippen molar-refractivity contribution < 1.29 is 22.7 Å². The highest BCUT2D eigenvalue weighted by molar-refractivity contribution is 5.82. The molecule has 0 aliphatic heterocycles. The molecule has 0 aliphatic rings. The van der Waals surface area contributed by atoms with Gasteiger partial charge in [0.1, 0.15) is 5.70 Å². The third-order valence-corrected chi connectivity index (χ3v) is 2.34. The maximum atomic E-state index is 12.6. The maximum absolute atomic E-state index is 12.6. The summed E-state index contributed by atoms with van der Waals surface area (Å²) in [6, 6.07) is 9.09. The van der Waals surface area contributed by atoms with E-state index in [-0.39, 0.29) is 6.54 Å². The predicted molar refractivity (Wildman–Crippen MR) is 64.3 cm³/mol. The zero-order valence-electron chi connectivity index (χ0n) is 10.3. The van der Waals surface area contributed by atoms with Gasteiger partial charge in [-0.05, 0) is 12.0 Å². The second kappa shape index (κ2) is 6.82. The number of methoxy groups -OCH3 is 1. The van der Waals surface area contributed by atoms with Crippen LogP contribution in [0.1, 0.15) is 5.56 Å². The van der Waals surface area contributed by atoms with Crippen LogP contribution in [0.5, 0.6) is 0 Å². The van der Waals surface area contributed by atoms with Gasteiger partial charge in [0.05, 0.1) is 13.2 Å². The van der Waals surface area contributed by atoms with Crippen molar-refractivity contribution >= 4 is 5.97 Å². The summed E-state index contributed by atoms with van der Waals surface area (Å²) in [7, 11) is 1.02. The molecule has 104 valence electrons. The number of allylic oxidation sites excluding steroid dienone is 1. The molecule has 3 nitrogen and oxygen atoms in total. The quantitative estimate of drug-likeness (QED) is 0.661. The molecule has 1 N–H and O–H groups in total. The number of esters is 1. The average Bonchev–Trinajstić information content (AvgIpc) is 2.37. The van der Waals surface area contributed by atoms with E-state index < -0.39 is 17.8 Å². The van der Waals surface area contributed by atoms with Crippen LogP contribution in [0.2, 0.25) is 0 Å². The molecule has 0 radical (unpaired) electrons. The molecule has 0 saturated heterocycles. The van der Waals surface area contributed by atoms with Crippen LogP contribution in [0, 0.1) is 0 Å². The normalized spacial score (nSPS) is 12.1. The van der Waals surface area contributed by atoms with Crippen molar-refractivity contribution in [1.82, 2.24) is 5.32 Å². The standard InChI is InChI=1S/C13H14F3NO2/c1-19-12(18)9-11(13(14,15)16)17-8-7-10-5-3-2-4-6-10/h2-6,9,17H,7-8H2,1H3/b11-9+. The Morgan fingerprint density at radius 1 is 1.32 bits per heavy atom. The number of ether oxygens (including phenoxy) is 1. The molecule has 0 unspecified atom stereocenters. The van der Waals surface area contributed by atoms with Crippen LogP contribution in [-0.2, 0) is 16.0 Å². The lowest BCUT2D eigenvalue weighted by molar-refractivity contribution is -0.136. The smallest absolute Gasteiger partial charge is 0.431 e. The lowest BCUT2D eigenvalue weighted by atomic mass is 10.1. The second-order valence-corrected chi connectivity index (χ2v) is 3.74. The summed E-state index contributed by atoms with van der Waals surface area (Å²) in [5.74, 6) is -1.04. The monoisotopic (exact) mass is 273 g/mol. The van der Waals surface area contributed by atoms with E-state index in [2.05, 4.69) is 10.1 Å². The first-order chi connectivity index (χ1) is 8.93. The Morgan fingerprint density at radius 3 is 2.47 bits per heavy atom. The highest BCUT2D eigenvalue weighted by Gasteiger charge is 2.34. The van der Waals surface area contributed by atoms with Crippen molar-refractivity contribution in [1.29, 1.82) is 0 Å². The van der Waals surface area contributed by atoms with Gasteiger partial charge in [0.15, 0.2) is 0 Å². The summed E-state index contributed by atoms with van der Waals surface area (Å²) in [5, 5.41) is 2.21. The summed E-state index contributed by atoms with van der Waals surface area (Å²) in [5.41, 5.74) is -0.190. The minimum atomic E-state index is -4.61. The fourth-order valence-corrected chi connectivity index (χ4v) is 1.40. The first-order valence-corrected chi connectivity index (χ1v) is 5.58. The molecular weight excluding hydrogens is 259 g/mol. The van der Waals surface area contributed by atoms with Gasteiger partial charge in [-0.2, -0.15) is 13.2 Å². The van der Waals surface area contributed by atoms with Crippen molar-refractivity contribution in [2.45, 2.75) is 12.6 Å². The van der Waals surface area contributed by atoms with Gasteiger partial charge < -0.3 is 10.1 Å². The SMILES string of the molecule is COC(=O)/C=C(/NCCc1ccccc1)C(F)(F)F. The molecule has 0 atom stereocenters. The van der Waals surface area contributed by atoms with Gasteiger partial charge in [-0.1, -0.05) is 30.3 Å². The summed E-state index contributed by atoms with van der Waals surface area (Å²) in [6.45, 7) is 0.0757. The molecule has 0 bridgehead atoms. The number of hydrogen-bond donors (Lipinski definition) is 1. The van der Waals surface area contributed by atoms with Gasteiger partial charge in [0, 0.05) is 6.54 Å². The number of alkyl halides is 3. The molecule has 0 fully saturated rings. The van der Waals surface area contributed by atoms with Gasteiger partial charge in [0.25, 0.3) is 0 Å². The van der Waals surface area contributed by atoms with Gasteiger partial charge >= 0.3 is 12.1 Å². The van der Waals surface area contributed by atoms with Crippen LogP contribution in [0.25, 0.3) is 0 Å². The van der Waals surface area contributed by atoms with Crippen molar-refractivity contribution in [3.05, 3.63) is 47.7 Å². The molecular formula is C13H14F3NO2. The van der Waals surface area contributed by atoms with Crippen molar-refractivity contribution in [3.8, 4) is 0 Å². The Bertz CT molecular complexity index is 441. The molecule has 19 heavy (non-hydrogen) atoms. The Labute approximate surface area is 109 Å². The summed E-state index contributed by atoms with van der Waals surface area (Å²) in [6.07, 6.45) is -3.77. The fraction of sp³-hybridized carbons (Fsp3) is 0.308. The average molecular weight is 273 g/mol. The summed E-state index contributed by atoms with van der Waals surface area (Å²) in [4.78, 5) is 10.9. The fourth-order valence-electron chi connectivity index (χ4n) is 1.40. The number of rotatable bonds is 5. The van der Waals surface area contributed by atoms with Crippen LogP contribution in [-0.4, -0.2) is 25.8 Å². The van der Waals surface area contributed by atoms with Crippen LogP contribution < -0.4 is 5.32 Å². The van der Waals surface area contributed by atoms with E-state index in [1.807, 2.05) is 30.3 Å². The van der Waals surface area contributed by atoms with E-state index in [4.69, 9.17) is 0 Å². The minimum Gasteiger partial charge on any atom is -0.466 e. The van der Waals surface area contributed by atoms with Gasteiger partial charge in [-0.25, -0.2) is 4.79 Å².